The summed E-state index contributed by atoms with van der Waals surface area (Å²) >= 11 is 0. The largest absolute Gasteiger partial charge is 0.463 e. The van der Waals surface area contributed by atoms with Gasteiger partial charge in [0.2, 0.25) is 0 Å². The van der Waals surface area contributed by atoms with Crippen LogP contribution in [0.3, 0.4) is 0 Å². The lowest BCUT2D eigenvalue weighted by Crippen LogP contribution is -2.59. The fourth-order valence-electron chi connectivity index (χ4n) is 8.83. The summed E-state index contributed by atoms with van der Waals surface area (Å²) in [5.74, 6) is 1.94. The van der Waals surface area contributed by atoms with Gasteiger partial charge in [-0.1, -0.05) is 13.8 Å². The van der Waals surface area contributed by atoms with Gasteiger partial charge in [0.1, 0.15) is 11.9 Å². The third-order valence-electron chi connectivity index (χ3n) is 10.3. The Morgan fingerprint density at radius 2 is 1.73 bits per heavy atom. The quantitative estimate of drug-likeness (QED) is 0.617. The lowest BCUT2D eigenvalue weighted by molar-refractivity contribution is -0.216. The van der Waals surface area contributed by atoms with Crippen LogP contribution < -0.4 is 0 Å². The SMILES string of the molecule is CC(=O)O[C@@H]1CC[C@]2(C)C3CC(=O)[C@@]4(C)C(CC[C@@H]4C4(C)OCCO4)C3CC[C@@H]2C1. The summed E-state index contributed by atoms with van der Waals surface area (Å²) in [7, 11) is 0. The standard InChI is InChI=1S/C25H38O5/c1-15(26)30-17-9-10-23(2)16(13-17)5-6-18-19-7-8-21(25(4)28-11-12-29-25)24(19,3)22(27)14-20(18)23/h16-21H,5-14H2,1-4H3/t16-,17-,18?,19?,20?,21+,23+,24+/m1/s1. The van der Waals surface area contributed by atoms with Crippen LogP contribution in [0, 0.1) is 40.4 Å². The molecule has 1 aliphatic heterocycles. The maximum Gasteiger partial charge on any atom is 0.302 e. The zero-order chi connectivity index (χ0) is 21.3. The van der Waals surface area contributed by atoms with Crippen molar-refractivity contribution in [2.24, 2.45) is 40.4 Å². The van der Waals surface area contributed by atoms with Crippen molar-refractivity contribution in [3.05, 3.63) is 0 Å². The molecule has 4 aliphatic carbocycles. The maximum absolute atomic E-state index is 13.8. The van der Waals surface area contributed by atoms with Gasteiger partial charge in [0.25, 0.3) is 0 Å². The van der Waals surface area contributed by atoms with Crippen molar-refractivity contribution in [1.29, 1.82) is 0 Å². The number of carbonyl (C=O) groups excluding carboxylic acids is 2. The van der Waals surface area contributed by atoms with E-state index in [2.05, 4.69) is 20.8 Å². The van der Waals surface area contributed by atoms with E-state index in [-0.39, 0.29) is 28.8 Å². The highest BCUT2D eigenvalue weighted by Gasteiger charge is 2.67. The normalized spacial score (nSPS) is 49.8. The number of fused-ring (bicyclic) bond motifs is 5. The van der Waals surface area contributed by atoms with Crippen molar-refractivity contribution in [3.63, 3.8) is 0 Å². The second-order valence-corrected chi connectivity index (χ2v) is 11.4. The van der Waals surface area contributed by atoms with E-state index >= 15 is 0 Å². The topological polar surface area (TPSA) is 61.8 Å². The van der Waals surface area contributed by atoms with Crippen molar-refractivity contribution in [1.82, 2.24) is 0 Å². The van der Waals surface area contributed by atoms with Gasteiger partial charge in [0.05, 0.1) is 13.2 Å². The molecule has 0 aromatic rings. The molecule has 5 fully saturated rings. The molecule has 1 saturated heterocycles. The fraction of sp³-hybridized carbons (Fsp3) is 0.920. The molecule has 30 heavy (non-hydrogen) atoms. The average molecular weight is 419 g/mol. The fourth-order valence-corrected chi connectivity index (χ4v) is 8.83. The summed E-state index contributed by atoms with van der Waals surface area (Å²) in [6.07, 6.45) is 8.30. The molecule has 5 rings (SSSR count). The van der Waals surface area contributed by atoms with Crippen molar-refractivity contribution in [3.8, 4) is 0 Å². The Balaban J connectivity index is 1.40. The molecule has 168 valence electrons. The van der Waals surface area contributed by atoms with Crippen LogP contribution in [0.5, 0.6) is 0 Å². The molecular weight excluding hydrogens is 380 g/mol. The van der Waals surface area contributed by atoms with Crippen LogP contribution in [0.25, 0.3) is 0 Å². The minimum absolute atomic E-state index is 0.0640. The van der Waals surface area contributed by atoms with Crippen molar-refractivity contribution < 1.29 is 23.8 Å². The molecule has 0 amide bonds. The van der Waals surface area contributed by atoms with E-state index in [1.165, 1.54) is 19.8 Å². The first-order chi connectivity index (χ1) is 14.2. The molecule has 3 unspecified atom stereocenters. The minimum atomic E-state index is -0.602. The molecule has 0 radical (unpaired) electrons. The number of Topliss-reactive ketones (excluding diaryl/α,β-unsaturated/α-hetero) is 1. The molecule has 8 atom stereocenters. The van der Waals surface area contributed by atoms with E-state index in [0.29, 0.717) is 49.1 Å². The van der Waals surface area contributed by atoms with Crippen LogP contribution in [0.4, 0.5) is 0 Å². The third kappa shape index (κ3) is 2.87. The van der Waals surface area contributed by atoms with Crippen molar-refractivity contribution in [2.45, 2.75) is 91.0 Å². The Hall–Kier alpha value is -0.940. The Labute approximate surface area is 180 Å². The van der Waals surface area contributed by atoms with E-state index in [9.17, 15) is 9.59 Å². The number of hydrogen-bond acceptors (Lipinski definition) is 5. The van der Waals surface area contributed by atoms with Crippen molar-refractivity contribution >= 4 is 11.8 Å². The predicted molar refractivity (Wildman–Crippen MR) is 111 cm³/mol. The van der Waals surface area contributed by atoms with Crippen LogP contribution in [0.1, 0.15) is 79.1 Å². The molecule has 0 bridgehead atoms. The predicted octanol–water partition coefficient (Wildman–Crippen LogP) is 4.52. The summed E-state index contributed by atoms with van der Waals surface area (Å²) in [6, 6.07) is 0. The van der Waals surface area contributed by atoms with Crippen molar-refractivity contribution in [2.75, 3.05) is 13.2 Å². The van der Waals surface area contributed by atoms with Crippen LogP contribution in [0.15, 0.2) is 0 Å². The number of ether oxygens (including phenoxy) is 3. The molecular formula is C25H38O5. The zero-order valence-corrected chi connectivity index (χ0v) is 19.1. The maximum atomic E-state index is 13.8. The van der Waals surface area contributed by atoms with E-state index in [1.807, 2.05) is 0 Å². The van der Waals surface area contributed by atoms with Gasteiger partial charge in [-0.05, 0) is 81.0 Å². The summed E-state index contributed by atoms with van der Waals surface area (Å²) in [5.41, 5.74) is -0.128. The molecule has 1 heterocycles. The van der Waals surface area contributed by atoms with Crippen LogP contribution in [-0.4, -0.2) is 36.9 Å². The van der Waals surface area contributed by atoms with Gasteiger partial charge in [0.15, 0.2) is 5.79 Å². The summed E-state index contributed by atoms with van der Waals surface area (Å²) in [5, 5.41) is 0. The van der Waals surface area contributed by atoms with Crippen LogP contribution >= 0.6 is 0 Å². The first-order valence-electron chi connectivity index (χ1n) is 12.2. The molecule has 0 N–H and O–H groups in total. The highest BCUT2D eigenvalue weighted by molar-refractivity contribution is 5.87. The molecule has 0 aromatic carbocycles. The molecule has 5 heteroatoms. The third-order valence-corrected chi connectivity index (χ3v) is 10.3. The van der Waals surface area contributed by atoms with Gasteiger partial charge in [-0.2, -0.15) is 0 Å². The summed E-state index contributed by atoms with van der Waals surface area (Å²) in [4.78, 5) is 25.3. The number of carbonyl (C=O) groups is 2. The lowest BCUT2D eigenvalue weighted by Gasteiger charge is -2.60. The highest BCUT2D eigenvalue weighted by atomic mass is 16.7. The molecule has 4 saturated carbocycles. The Morgan fingerprint density at radius 3 is 2.43 bits per heavy atom. The van der Waals surface area contributed by atoms with Gasteiger partial charge < -0.3 is 14.2 Å². The van der Waals surface area contributed by atoms with Gasteiger partial charge in [-0.25, -0.2) is 0 Å². The molecule has 5 nitrogen and oxygen atoms in total. The zero-order valence-electron chi connectivity index (χ0n) is 19.1. The van der Waals surface area contributed by atoms with E-state index in [0.717, 1.165) is 32.1 Å². The average Bonchev–Trinajstić information content (AvgIpc) is 3.28. The minimum Gasteiger partial charge on any atom is -0.463 e. The number of ketones is 1. The summed E-state index contributed by atoms with van der Waals surface area (Å²) in [6.45, 7) is 9.52. The van der Waals surface area contributed by atoms with Crippen LogP contribution in [-0.2, 0) is 23.8 Å². The molecule has 0 spiro atoms. The van der Waals surface area contributed by atoms with Gasteiger partial charge in [-0.3, -0.25) is 9.59 Å². The van der Waals surface area contributed by atoms with E-state index in [4.69, 9.17) is 14.2 Å². The molecule has 0 aromatic heterocycles. The van der Waals surface area contributed by atoms with E-state index < -0.39 is 5.79 Å². The first kappa shape index (κ1) is 20.9. The van der Waals surface area contributed by atoms with Gasteiger partial charge >= 0.3 is 5.97 Å². The Kier molecular flexibility index (Phi) is 4.91. The first-order valence-corrected chi connectivity index (χ1v) is 12.2. The smallest absolute Gasteiger partial charge is 0.302 e. The number of esters is 1. The molecule has 5 aliphatic rings. The highest BCUT2D eigenvalue weighted by Crippen LogP contribution is 2.68. The van der Waals surface area contributed by atoms with E-state index in [1.54, 1.807) is 0 Å². The second-order valence-electron chi connectivity index (χ2n) is 11.4. The lowest BCUT2D eigenvalue weighted by atomic mass is 9.44. The van der Waals surface area contributed by atoms with Gasteiger partial charge in [-0.15, -0.1) is 0 Å². The van der Waals surface area contributed by atoms with Crippen LogP contribution in [0.2, 0.25) is 0 Å². The second kappa shape index (κ2) is 7.03. The Bertz CT molecular complexity index is 727. The number of rotatable bonds is 2. The van der Waals surface area contributed by atoms with Gasteiger partial charge in [0, 0.05) is 24.7 Å². The monoisotopic (exact) mass is 418 g/mol. The Morgan fingerprint density at radius 1 is 1.00 bits per heavy atom. The number of hydrogen-bond donors (Lipinski definition) is 0. The summed E-state index contributed by atoms with van der Waals surface area (Å²) < 4.78 is 17.7.